The standard InChI is InChI=1S/C43H61N3O17S/c47-40(12-15-55-17-19-57-21-23-59-25-27-61-29-31-63-32-30-62-28-26-60-24-22-58-20-18-56-16-13-42(49)50)45-33-39(64(52,53)54)43(51)44-14-11-41(48)46-34-37-7-2-1-5-35(37)9-10-36-6-3-4-8-38(36)46/h1-8,39H,11-34H2,(H,44,51)(H,45,47)(H,49,50)(H,52,53,54). The molecule has 1 aliphatic heterocycles. The van der Waals surface area contributed by atoms with Crippen LogP contribution in [0, 0.1) is 11.8 Å². The first-order valence-electron chi connectivity index (χ1n) is 21.0. The summed E-state index contributed by atoms with van der Waals surface area (Å²) in [5.41, 5.74) is 2.90. The predicted octanol–water partition coefficient (Wildman–Crippen LogP) is 0.826. The van der Waals surface area contributed by atoms with Crippen molar-refractivity contribution in [1.29, 1.82) is 0 Å². The number of carbonyl (C=O) groups excluding carboxylic acids is 3. The molecule has 1 unspecified atom stereocenters. The number of aliphatic carboxylic acids is 1. The normalized spacial score (nSPS) is 12.5. The van der Waals surface area contributed by atoms with Crippen LogP contribution in [-0.4, -0.2) is 179 Å². The van der Waals surface area contributed by atoms with Crippen LogP contribution in [0.2, 0.25) is 0 Å². The minimum atomic E-state index is -4.90. The molecule has 0 radical (unpaired) electrons. The van der Waals surface area contributed by atoms with Gasteiger partial charge in [0.15, 0.2) is 5.25 Å². The molecule has 0 spiro atoms. The van der Waals surface area contributed by atoms with E-state index in [1.807, 2.05) is 36.4 Å². The maximum atomic E-state index is 13.4. The van der Waals surface area contributed by atoms with Crippen LogP contribution in [0.4, 0.5) is 5.69 Å². The molecule has 1 atom stereocenters. The van der Waals surface area contributed by atoms with Gasteiger partial charge in [0.2, 0.25) is 17.7 Å². The Balaban J connectivity index is 1.11. The Morgan fingerprint density at radius 3 is 1.48 bits per heavy atom. The summed E-state index contributed by atoms with van der Waals surface area (Å²) in [6, 6.07) is 14.7. The number of hydrogen-bond acceptors (Lipinski definition) is 15. The van der Waals surface area contributed by atoms with E-state index in [0.29, 0.717) is 104 Å². The molecule has 0 aromatic heterocycles. The first-order chi connectivity index (χ1) is 31.1. The van der Waals surface area contributed by atoms with E-state index in [1.54, 1.807) is 17.0 Å². The highest BCUT2D eigenvalue weighted by molar-refractivity contribution is 7.87. The number of hydrogen-bond donors (Lipinski definition) is 4. The lowest BCUT2D eigenvalue weighted by atomic mass is 10.0. The highest BCUT2D eigenvalue weighted by Gasteiger charge is 2.31. The van der Waals surface area contributed by atoms with Crippen molar-refractivity contribution in [2.45, 2.75) is 31.1 Å². The molecule has 0 saturated carbocycles. The maximum absolute atomic E-state index is 13.4. The Bertz CT molecular complexity index is 1860. The number of nitrogens with one attached hydrogen (secondary N) is 2. The van der Waals surface area contributed by atoms with Gasteiger partial charge in [0.05, 0.1) is 138 Å². The molecule has 2 aromatic carbocycles. The number of carbonyl (C=O) groups is 4. The van der Waals surface area contributed by atoms with Gasteiger partial charge in [0.1, 0.15) is 0 Å². The molecule has 0 fully saturated rings. The molecule has 0 aliphatic carbocycles. The van der Waals surface area contributed by atoms with Gasteiger partial charge in [-0.15, -0.1) is 0 Å². The number of amides is 3. The number of anilines is 1. The number of rotatable bonds is 37. The van der Waals surface area contributed by atoms with Gasteiger partial charge in [0, 0.05) is 37.1 Å². The van der Waals surface area contributed by atoms with E-state index >= 15 is 0 Å². The summed E-state index contributed by atoms with van der Waals surface area (Å²) in [7, 11) is -4.90. The van der Waals surface area contributed by atoms with Gasteiger partial charge in [-0.2, -0.15) is 8.42 Å². The maximum Gasteiger partial charge on any atom is 0.305 e. The van der Waals surface area contributed by atoms with Crippen molar-refractivity contribution in [3.05, 3.63) is 65.2 Å². The van der Waals surface area contributed by atoms with Crippen LogP contribution < -0.4 is 15.5 Å². The van der Waals surface area contributed by atoms with Crippen LogP contribution in [0.5, 0.6) is 0 Å². The van der Waals surface area contributed by atoms with E-state index in [-0.39, 0.29) is 64.7 Å². The molecule has 3 amide bonds. The second-order valence-corrected chi connectivity index (χ2v) is 15.3. The number of para-hydroxylation sites is 1. The number of carboxylic acid groups (broad SMARTS) is 1. The molecule has 4 N–H and O–H groups in total. The van der Waals surface area contributed by atoms with Crippen molar-refractivity contribution in [1.82, 2.24) is 10.6 Å². The van der Waals surface area contributed by atoms with Gasteiger partial charge >= 0.3 is 5.97 Å². The zero-order chi connectivity index (χ0) is 46.1. The molecule has 3 rings (SSSR count). The second kappa shape index (κ2) is 33.0. The topological polar surface area (TPSA) is 253 Å². The van der Waals surface area contributed by atoms with Crippen LogP contribution in [0.3, 0.4) is 0 Å². The number of benzene rings is 2. The summed E-state index contributed by atoms with van der Waals surface area (Å²) in [5.74, 6) is 3.36. The lowest BCUT2D eigenvalue weighted by Crippen LogP contribution is -2.47. The molecule has 2 aromatic rings. The van der Waals surface area contributed by atoms with Gasteiger partial charge in [-0.25, -0.2) is 0 Å². The summed E-state index contributed by atoms with van der Waals surface area (Å²) in [6.45, 7) is 5.48. The van der Waals surface area contributed by atoms with E-state index in [0.717, 1.165) is 11.1 Å². The minimum Gasteiger partial charge on any atom is -0.481 e. The van der Waals surface area contributed by atoms with Crippen molar-refractivity contribution in [3.8, 4) is 11.8 Å². The molecular formula is C43H61N3O17S. The lowest BCUT2D eigenvalue weighted by molar-refractivity contribution is -0.138. The van der Waals surface area contributed by atoms with Crippen LogP contribution >= 0.6 is 0 Å². The number of carboxylic acids is 1. The summed E-state index contributed by atoms with van der Waals surface area (Å²) >= 11 is 0. The lowest BCUT2D eigenvalue weighted by Gasteiger charge is -2.26. The Labute approximate surface area is 374 Å². The third-order valence-electron chi connectivity index (χ3n) is 8.86. The van der Waals surface area contributed by atoms with Crippen LogP contribution in [0.1, 0.15) is 36.0 Å². The molecule has 64 heavy (non-hydrogen) atoms. The average Bonchev–Trinajstić information content (AvgIpc) is 3.26. The quantitative estimate of drug-likeness (QED) is 0.0416. The first kappa shape index (κ1) is 53.8. The highest BCUT2D eigenvalue weighted by Crippen LogP contribution is 2.25. The van der Waals surface area contributed by atoms with Crippen molar-refractivity contribution in [2.75, 3.05) is 137 Å². The third kappa shape index (κ3) is 23.9. The number of nitrogens with zero attached hydrogens (tertiary/aromatic N) is 1. The predicted molar refractivity (Wildman–Crippen MR) is 230 cm³/mol. The summed E-state index contributed by atoms with van der Waals surface area (Å²) in [5, 5.41) is 11.2. The van der Waals surface area contributed by atoms with E-state index in [9.17, 15) is 32.1 Å². The van der Waals surface area contributed by atoms with Crippen molar-refractivity contribution in [2.24, 2.45) is 0 Å². The van der Waals surface area contributed by atoms with Crippen LogP contribution in [-0.2, 0) is 78.5 Å². The van der Waals surface area contributed by atoms with Crippen molar-refractivity contribution < 1.29 is 79.9 Å². The molecule has 0 bridgehead atoms. The number of ether oxygens (including phenoxy) is 9. The Morgan fingerprint density at radius 2 is 1.00 bits per heavy atom. The summed E-state index contributed by atoms with van der Waals surface area (Å²) in [6.07, 6.45) is -0.327. The van der Waals surface area contributed by atoms with Gasteiger partial charge in [-0.3, -0.25) is 23.7 Å². The third-order valence-corrected chi connectivity index (χ3v) is 9.96. The Kier molecular flexibility index (Phi) is 27.7. The SMILES string of the molecule is O=C(O)CCOCCOCCOCCOCCOCCOCCOCCOCCOCCC(=O)NCC(C(=O)NCCC(=O)N1Cc2ccccc2C#Cc2ccccc21)S(=O)(=O)O. The summed E-state index contributed by atoms with van der Waals surface area (Å²) < 4.78 is 82.2. The Hall–Kier alpha value is -4.57. The summed E-state index contributed by atoms with van der Waals surface area (Å²) in [4.78, 5) is 50.5. The second-order valence-electron chi connectivity index (χ2n) is 13.7. The van der Waals surface area contributed by atoms with Crippen LogP contribution in [0.25, 0.3) is 0 Å². The fraction of sp³-hybridized carbons (Fsp3) is 0.581. The average molecular weight is 924 g/mol. The van der Waals surface area contributed by atoms with Crippen molar-refractivity contribution in [3.63, 3.8) is 0 Å². The Morgan fingerprint density at radius 1 is 0.578 bits per heavy atom. The van der Waals surface area contributed by atoms with E-state index in [1.165, 1.54) is 0 Å². The monoisotopic (exact) mass is 923 g/mol. The van der Waals surface area contributed by atoms with Crippen LogP contribution in [0.15, 0.2) is 48.5 Å². The van der Waals surface area contributed by atoms with Gasteiger partial charge in [-0.1, -0.05) is 42.2 Å². The fourth-order valence-electron chi connectivity index (χ4n) is 5.56. The first-order valence-corrected chi connectivity index (χ1v) is 22.5. The van der Waals surface area contributed by atoms with E-state index in [2.05, 4.69) is 22.5 Å². The van der Waals surface area contributed by atoms with E-state index in [4.69, 9.17) is 47.7 Å². The molecule has 21 heteroatoms. The number of fused-ring (bicyclic) bond motifs is 2. The highest BCUT2D eigenvalue weighted by atomic mass is 32.2. The molecule has 20 nitrogen and oxygen atoms in total. The largest absolute Gasteiger partial charge is 0.481 e. The van der Waals surface area contributed by atoms with Gasteiger partial charge < -0.3 is 63.3 Å². The smallest absolute Gasteiger partial charge is 0.305 e. The van der Waals surface area contributed by atoms with Gasteiger partial charge in [-0.05, 0) is 23.8 Å². The zero-order valence-electron chi connectivity index (χ0n) is 36.0. The molecule has 356 valence electrons. The fourth-order valence-corrected chi connectivity index (χ4v) is 6.21. The zero-order valence-corrected chi connectivity index (χ0v) is 36.9. The molecule has 1 heterocycles. The molecular weight excluding hydrogens is 863 g/mol. The van der Waals surface area contributed by atoms with Crippen molar-refractivity contribution >= 4 is 39.5 Å². The van der Waals surface area contributed by atoms with E-state index < -0.39 is 39.7 Å². The molecule has 0 saturated heterocycles. The van der Waals surface area contributed by atoms with Gasteiger partial charge in [0.25, 0.3) is 10.1 Å². The minimum absolute atomic E-state index is 0.00503. The molecule has 1 aliphatic rings.